The van der Waals surface area contributed by atoms with E-state index in [0.717, 1.165) is 10.8 Å². The Labute approximate surface area is 287 Å². The first-order valence-corrected chi connectivity index (χ1v) is 16.7. The van der Waals surface area contributed by atoms with E-state index in [1.165, 1.54) is 25.1 Å². The maximum absolute atomic E-state index is 15.8. The highest BCUT2D eigenvalue weighted by Crippen LogP contribution is 2.36. The SMILES string of the molecule is Cc1cc2cc(c1F)[C@H](CC(=O)O)NC(=O)[C@@H](n1cc(CC(C)CN(C)C)c(C(F)(F)F)cc1=O)CCCCCCCc1cc(F)cc(F)c1-2. The number of halogens is 6. The Morgan fingerprint density at radius 2 is 1.70 bits per heavy atom. The van der Waals surface area contributed by atoms with Gasteiger partial charge in [0.25, 0.3) is 5.56 Å². The van der Waals surface area contributed by atoms with Crippen LogP contribution in [-0.4, -0.2) is 47.1 Å². The second-order valence-electron chi connectivity index (χ2n) is 13.6. The molecule has 7 nitrogen and oxygen atoms in total. The maximum atomic E-state index is 15.8. The van der Waals surface area contributed by atoms with Crippen LogP contribution in [0.15, 0.2) is 41.3 Å². The molecular weight excluding hydrogens is 664 g/mol. The van der Waals surface area contributed by atoms with E-state index in [9.17, 15) is 37.1 Å². The van der Waals surface area contributed by atoms with Crippen LogP contribution in [-0.2, 0) is 28.6 Å². The van der Waals surface area contributed by atoms with Gasteiger partial charge in [0.1, 0.15) is 23.5 Å². The lowest BCUT2D eigenvalue weighted by molar-refractivity contribution is -0.139. The minimum atomic E-state index is -4.83. The molecule has 2 aromatic carbocycles. The van der Waals surface area contributed by atoms with Gasteiger partial charge in [0, 0.05) is 36.0 Å². The highest BCUT2D eigenvalue weighted by molar-refractivity contribution is 5.82. The third-order valence-corrected chi connectivity index (χ3v) is 9.05. The van der Waals surface area contributed by atoms with Crippen molar-refractivity contribution >= 4 is 11.9 Å². The number of carboxylic acid groups (broad SMARTS) is 1. The van der Waals surface area contributed by atoms with Crippen LogP contribution in [0.5, 0.6) is 0 Å². The van der Waals surface area contributed by atoms with Gasteiger partial charge in [-0.15, -0.1) is 0 Å². The first-order valence-electron chi connectivity index (χ1n) is 16.7. The van der Waals surface area contributed by atoms with Crippen LogP contribution in [0, 0.1) is 30.3 Å². The molecule has 1 aliphatic rings. The average Bonchev–Trinajstić information content (AvgIpc) is 2.98. The minimum absolute atomic E-state index is 0.0184. The van der Waals surface area contributed by atoms with E-state index in [-0.39, 0.29) is 46.6 Å². The van der Waals surface area contributed by atoms with Crippen LogP contribution < -0.4 is 10.9 Å². The number of carbonyl (C=O) groups excluding carboxylic acids is 1. The monoisotopic (exact) mass is 707 g/mol. The number of benzene rings is 2. The Morgan fingerprint density at radius 3 is 2.36 bits per heavy atom. The number of alkyl halides is 3. The zero-order valence-electron chi connectivity index (χ0n) is 28.6. The normalized spacial score (nSPS) is 18.4. The molecule has 4 rings (SSSR count). The molecule has 0 radical (unpaired) electrons. The number of aryl methyl sites for hydroxylation is 2. The average molecular weight is 708 g/mol. The fourth-order valence-electron chi connectivity index (χ4n) is 6.93. The number of fused-ring (bicyclic) bond motifs is 4. The van der Waals surface area contributed by atoms with Crippen molar-refractivity contribution in [3.8, 4) is 11.1 Å². The number of aliphatic carboxylic acids is 1. The summed E-state index contributed by atoms with van der Waals surface area (Å²) in [6.45, 7) is 3.63. The highest BCUT2D eigenvalue weighted by Gasteiger charge is 2.36. The molecule has 0 aliphatic carbocycles. The van der Waals surface area contributed by atoms with E-state index in [1.54, 1.807) is 21.0 Å². The molecule has 0 saturated heterocycles. The zero-order chi connectivity index (χ0) is 36.9. The summed E-state index contributed by atoms with van der Waals surface area (Å²) >= 11 is 0. The van der Waals surface area contributed by atoms with Gasteiger partial charge >= 0.3 is 12.1 Å². The molecule has 2 N–H and O–H groups in total. The molecule has 2 heterocycles. The molecule has 272 valence electrons. The van der Waals surface area contributed by atoms with E-state index < -0.39 is 65.1 Å². The summed E-state index contributed by atoms with van der Waals surface area (Å²) in [7, 11) is 3.57. The summed E-state index contributed by atoms with van der Waals surface area (Å²) in [5.41, 5.74) is -2.01. The Bertz CT molecular complexity index is 1770. The lowest BCUT2D eigenvalue weighted by atomic mass is 9.90. The van der Waals surface area contributed by atoms with Crippen molar-refractivity contribution in [3.63, 3.8) is 0 Å². The second-order valence-corrected chi connectivity index (χ2v) is 13.6. The van der Waals surface area contributed by atoms with E-state index in [0.29, 0.717) is 62.8 Å². The number of hydrogen-bond acceptors (Lipinski definition) is 4. The van der Waals surface area contributed by atoms with E-state index in [1.807, 2.05) is 4.90 Å². The number of rotatable bonds is 7. The van der Waals surface area contributed by atoms with Crippen molar-refractivity contribution in [2.75, 3.05) is 20.6 Å². The first kappa shape index (κ1) is 38.7. The van der Waals surface area contributed by atoms with Crippen molar-refractivity contribution in [1.82, 2.24) is 14.8 Å². The van der Waals surface area contributed by atoms with Crippen LogP contribution in [0.1, 0.15) is 91.8 Å². The van der Waals surface area contributed by atoms with Crippen LogP contribution in [0.2, 0.25) is 0 Å². The molecule has 3 atom stereocenters. The van der Waals surface area contributed by atoms with E-state index in [4.69, 9.17) is 0 Å². The van der Waals surface area contributed by atoms with Crippen molar-refractivity contribution < 1.29 is 41.0 Å². The van der Waals surface area contributed by atoms with Crippen LogP contribution in [0.25, 0.3) is 11.1 Å². The number of nitrogens with zero attached hydrogens (tertiary/aromatic N) is 2. The van der Waals surface area contributed by atoms with Gasteiger partial charge in [0.05, 0.1) is 18.0 Å². The highest BCUT2D eigenvalue weighted by atomic mass is 19.4. The Kier molecular flexibility index (Phi) is 12.6. The predicted molar refractivity (Wildman–Crippen MR) is 177 cm³/mol. The number of aromatic nitrogens is 1. The largest absolute Gasteiger partial charge is 0.481 e. The summed E-state index contributed by atoms with van der Waals surface area (Å²) in [6.07, 6.45) is -1.42. The molecule has 0 fully saturated rings. The summed E-state index contributed by atoms with van der Waals surface area (Å²) in [4.78, 5) is 41.3. The van der Waals surface area contributed by atoms with Gasteiger partial charge in [-0.05, 0) is 93.1 Å². The van der Waals surface area contributed by atoms with E-state index in [2.05, 4.69) is 5.32 Å². The number of hydrogen-bond donors (Lipinski definition) is 2. The second kappa shape index (κ2) is 16.3. The summed E-state index contributed by atoms with van der Waals surface area (Å²) in [6, 6.07) is 2.17. The molecule has 2 bridgehead atoms. The van der Waals surface area contributed by atoms with Crippen molar-refractivity contribution in [2.24, 2.45) is 5.92 Å². The molecule has 1 aromatic heterocycles. The molecule has 1 unspecified atom stereocenters. The van der Waals surface area contributed by atoms with Crippen molar-refractivity contribution in [1.29, 1.82) is 0 Å². The van der Waals surface area contributed by atoms with Crippen LogP contribution >= 0.6 is 0 Å². The number of carboxylic acids is 1. The molecule has 0 spiro atoms. The molecule has 0 saturated carbocycles. The van der Waals surface area contributed by atoms with Gasteiger partial charge in [-0.1, -0.05) is 32.6 Å². The van der Waals surface area contributed by atoms with E-state index >= 15 is 8.78 Å². The number of amides is 1. The first-order chi connectivity index (χ1) is 23.5. The molecule has 3 aromatic rings. The van der Waals surface area contributed by atoms with Gasteiger partial charge in [0.2, 0.25) is 5.91 Å². The summed E-state index contributed by atoms with van der Waals surface area (Å²) in [5.74, 6) is -5.03. The number of pyridine rings is 1. The fraction of sp³-hybridized carbons (Fsp3) is 0.486. The Morgan fingerprint density at radius 1 is 1.02 bits per heavy atom. The number of carbonyl (C=O) groups is 2. The Balaban J connectivity index is 1.86. The molecule has 1 amide bonds. The van der Waals surface area contributed by atoms with Gasteiger partial charge in [-0.2, -0.15) is 13.2 Å². The summed E-state index contributed by atoms with van der Waals surface area (Å²) in [5, 5.41) is 12.4. The van der Waals surface area contributed by atoms with Crippen molar-refractivity contribution in [2.45, 2.75) is 89.9 Å². The predicted octanol–water partition coefficient (Wildman–Crippen LogP) is 7.77. The lowest BCUT2D eigenvalue weighted by Crippen LogP contribution is -2.40. The molecule has 50 heavy (non-hydrogen) atoms. The third kappa shape index (κ3) is 9.55. The molecule has 13 heteroatoms. The summed E-state index contributed by atoms with van der Waals surface area (Å²) < 4.78 is 88.9. The van der Waals surface area contributed by atoms with Gasteiger partial charge < -0.3 is 19.9 Å². The topological polar surface area (TPSA) is 91.6 Å². The van der Waals surface area contributed by atoms with Crippen molar-refractivity contribution in [3.05, 3.63) is 92.2 Å². The number of nitrogens with one attached hydrogen (secondary N) is 1. The quantitative estimate of drug-likeness (QED) is 0.245. The molecule has 1 aliphatic heterocycles. The van der Waals surface area contributed by atoms with Gasteiger partial charge in [-0.3, -0.25) is 14.4 Å². The zero-order valence-corrected chi connectivity index (χ0v) is 28.6. The third-order valence-electron chi connectivity index (χ3n) is 9.05. The molecular formula is C37H43F6N3O4. The Hall–Kier alpha value is -4.13. The van der Waals surface area contributed by atoms with Gasteiger partial charge in [-0.25, -0.2) is 13.2 Å². The maximum Gasteiger partial charge on any atom is 0.416 e. The van der Waals surface area contributed by atoms with Gasteiger partial charge in [0.15, 0.2) is 0 Å². The lowest BCUT2D eigenvalue weighted by Gasteiger charge is -2.27. The van der Waals surface area contributed by atoms with Crippen LogP contribution in [0.4, 0.5) is 26.3 Å². The fourth-order valence-corrected chi connectivity index (χ4v) is 6.93. The smallest absolute Gasteiger partial charge is 0.416 e. The standard InChI is InChI=1S/C37H43F6N3O4/c1-21(19-45(3)4)12-25-20-46(32(47)17-28(25)37(41,42)43)31-11-9-7-5-6-8-10-23-14-26(38)16-29(39)34(23)24-13-22(2)35(40)27(15-24)30(18-33(48)49)44-36(31)50/h13-17,20-21,30-31H,5-12,18-19H2,1-4H3,(H,44,50)(H,48,49)/t21?,30-,31-/m0/s1. The van der Waals surface area contributed by atoms with Crippen LogP contribution in [0.3, 0.4) is 0 Å². The minimum Gasteiger partial charge on any atom is -0.481 e.